The standard InChI is InChI=1S/C26H26ClN5O2/c1-29-23-16-21(28-25(33)19-10-6-7-11-20(19)27)22(17-24(23)30(2)26(29)34)32-14-12-31(13-15-32)18-8-4-3-5-9-18/h3-11,16-17H,12-15H2,1-2H3,(H,28,33). The minimum Gasteiger partial charge on any atom is -0.368 e. The molecule has 1 aliphatic rings. The molecule has 7 nitrogen and oxygen atoms in total. The van der Waals surface area contributed by atoms with Crippen molar-refractivity contribution in [3.05, 3.63) is 87.8 Å². The lowest BCUT2D eigenvalue weighted by atomic mass is 10.1. The monoisotopic (exact) mass is 475 g/mol. The third kappa shape index (κ3) is 3.92. The minimum atomic E-state index is -0.282. The quantitative estimate of drug-likeness (QED) is 0.482. The number of anilines is 3. The highest BCUT2D eigenvalue weighted by atomic mass is 35.5. The molecule has 1 amide bonds. The zero-order chi connectivity index (χ0) is 23.8. The fourth-order valence-corrected chi connectivity index (χ4v) is 4.80. The molecule has 0 spiro atoms. The van der Waals surface area contributed by atoms with E-state index in [1.807, 2.05) is 30.3 Å². The first-order chi connectivity index (χ1) is 16.4. The van der Waals surface area contributed by atoms with Crippen LogP contribution in [-0.4, -0.2) is 41.2 Å². The summed E-state index contributed by atoms with van der Waals surface area (Å²) in [5.74, 6) is -0.282. The van der Waals surface area contributed by atoms with Gasteiger partial charge in [-0.15, -0.1) is 0 Å². The first-order valence-electron chi connectivity index (χ1n) is 11.2. The minimum absolute atomic E-state index is 0.107. The van der Waals surface area contributed by atoms with Gasteiger partial charge in [-0.3, -0.25) is 13.9 Å². The van der Waals surface area contributed by atoms with Crippen LogP contribution < -0.4 is 20.8 Å². The van der Waals surface area contributed by atoms with Crippen molar-refractivity contribution in [1.29, 1.82) is 0 Å². The lowest BCUT2D eigenvalue weighted by Crippen LogP contribution is -2.46. The molecule has 0 radical (unpaired) electrons. The number of amides is 1. The highest BCUT2D eigenvalue weighted by Crippen LogP contribution is 2.33. The summed E-state index contributed by atoms with van der Waals surface area (Å²) in [6, 6.07) is 21.2. The van der Waals surface area contributed by atoms with E-state index in [9.17, 15) is 9.59 Å². The smallest absolute Gasteiger partial charge is 0.328 e. The Hall–Kier alpha value is -3.71. The number of imidazole rings is 1. The van der Waals surface area contributed by atoms with Gasteiger partial charge >= 0.3 is 5.69 Å². The molecule has 1 saturated heterocycles. The molecule has 0 bridgehead atoms. The molecule has 3 aromatic carbocycles. The number of benzene rings is 3. The summed E-state index contributed by atoms with van der Waals surface area (Å²) < 4.78 is 3.23. The molecule has 1 aliphatic heterocycles. The number of hydrogen-bond acceptors (Lipinski definition) is 4. The van der Waals surface area contributed by atoms with Gasteiger partial charge in [0, 0.05) is 46.0 Å². The van der Waals surface area contributed by atoms with Gasteiger partial charge in [-0.1, -0.05) is 41.9 Å². The third-order valence-corrected chi connectivity index (χ3v) is 6.83. The normalized spacial score (nSPS) is 14.0. The molecule has 0 unspecified atom stereocenters. The number of halogens is 1. The van der Waals surface area contributed by atoms with Crippen LogP contribution in [0.3, 0.4) is 0 Å². The lowest BCUT2D eigenvalue weighted by Gasteiger charge is -2.38. The Morgan fingerprint density at radius 3 is 2.09 bits per heavy atom. The number of aromatic nitrogens is 2. The maximum Gasteiger partial charge on any atom is 0.328 e. The number of rotatable bonds is 4. The topological polar surface area (TPSA) is 62.5 Å². The number of carbonyl (C=O) groups excluding carboxylic acids is 1. The predicted octanol–water partition coefficient (Wildman–Crippen LogP) is 4.11. The van der Waals surface area contributed by atoms with Crippen LogP contribution in [0.5, 0.6) is 0 Å². The number of para-hydroxylation sites is 1. The van der Waals surface area contributed by atoms with Crippen molar-refractivity contribution >= 4 is 45.6 Å². The predicted molar refractivity (Wildman–Crippen MR) is 138 cm³/mol. The highest BCUT2D eigenvalue weighted by molar-refractivity contribution is 6.34. The van der Waals surface area contributed by atoms with Crippen molar-refractivity contribution in [2.24, 2.45) is 14.1 Å². The molecule has 1 fully saturated rings. The van der Waals surface area contributed by atoms with Crippen LogP contribution in [-0.2, 0) is 14.1 Å². The summed E-state index contributed by atoms with van der Waals surface area (Å²) in [6.07, 6.45) is 0. The Bertz CT molecular complexity index is 1420. The van der Waals surface area contributed by atoms with E-state index in [1.54, 1.807) is 47.5 Å². The van der Waals surface area contributed by atoms with Gasteiger partial charge in [-0.05, 0) is 36.4 Å². The Morgan fingerprint density at radius 1 is 0.824 bits per heavy atom. The molecule has 34 heavy (non-hydrogen) atoms. The average Bonchev–Trinajstić information content (AvgIpc) is 3.07. The molecular weight excluding hydrogens is 450 g/mol. The third-order valence-electron chi connectivity index (χ3n) is 6.50. The Kier molecular flexibility index (Phi) is 5.79. The molecule has 1 N–H and O–H groups in total. The highest BCUT2D eigenvalue weighted by Gasteiger charge is 2.23. The second kappa shape index (κ2) is 8.91. The van der Waals surface area contributed by atoms with Crippen molar-refractivity contribution < 1.29 is 4.79 Å². The van der Waals surface area contributed by atoms with Crippen LogP contribution in [0.15, 0.2) is 71.5 Å². The Morgan fingerprint density at radius 2 is 1.41 bits per heavy atom. The zero-order valence-electron chi connectivity index (χ0n) is 19.2. The van der Waals surface area contributed by atoms with E-state index < -0.39 is 0 Å². The van der Waals surface area contributed by atoms with E-state index >= 15 is 0 Å². The second-order valence-electron chi connectivity index (χ2n) is 8.50. The molecule has 0 saturated carbocycles. The molecule has 2 heterocycles. The number of aryl methyl sites for hydroxylation is 2. The molecule has 8 heteroatoms. The van der Waals surface area contributed by atoms with Gasteiger partial charge in [-0.25, -0.2) is 4.79 Å². The fourth-order valence-electron chi connectivity index (χ4n) is 4.58. The second-order valence-corrected chi connectivity index (χ2v) is 8.91. The fraction of sp³-hybridized carbons (Fsp3) is 0.231. The molecule has 174 valence electrons. The van der Waals surface area contributed by atoms with Gasteiger partial charge < -0.3 is 15.1 Å². The number of nitrogens with zero attached hydrogens (tertiary/aromatic N) is 4. The molecule has 0 aliphatic carbocycles. The van der Waals surface area contributed by atoms with E-state index in [0.29, 0.717) is 16.3 Å². The van der Waals surface area contributed by atoms with Crippen LogP contribution in [0.2, 0.25) is 5.02 Å². The van der Waals surface area contributed by atoms with Crippen molar-refractivity contribution in [1.82, 2.24) is 9.13 Å². The molecule has 4 aromatic rings. The SMILES string of the molecule is Cn1c(=O)n(C)c2cc(N3CCN(c4ccccc4)CC3)c(NC(=O)c3ccccc3Cl)cc21. The van der Waals surface area contributed by atoms with Gasteiger partial charge in [0.2, 0.25) is 0 Å². The summed E-state index contributed by atoms with van der Waals surface area (Å²) in [5.41, 5.74) is 4.64. The van der Waals surface area contributed by atoms with E-state index in [2.05, 4.69) is 27.2 Å². The summed E-state index contributed by atoms with van der Waals surface area (Å²) in [7, 11) is 3.51. The molecular formula is C26H26ClN5O2. The number of piperazine rings is 1. The van der Waals surface area contributed by atoms with Gasteiger partial charge in [0.15, 0.2) is 0 Å². The summed E-state index contributed by atoms with van der Waals surface area (Å²) >= 11 is 6.27. The van der Waals surface area contributed by atoms with E-state index in [0.717, 1.165) is 42.9 Å². The van der Waals surface area contributed by atoms with Crippen LogP contribution >= 0.6 is 11.6 Å². The summed E-state index contributed by atoms with van der Waals surface area (Å²) in [4.78, 5) is 30.3. The number of hydrogen-bond donors (Lipinski definition) is 1. The van der Waals surface area contributed by atoms with Gasteiger partial charge in [0.05, 0.1) is 33.0 Å². The largest absolute Gasteiger partial charge is 0.368 e. The maximum atomic E-state index is 13.1. The van der Waals surface area contributed by atoms with E-state index in [4.69, 9.17) is 11.6 Å². The summed E-state index contributed by atoms with van der Waals surface area (Å²) in [6.45, 7) is 3.29. The van der Waals surface area contributed by atoms with E-state index in [-0.39, 0.29) is 11.6 Å². The van der Waals surface area contributed by atoms with Gasteiger partial charge in [0.25, 0.3) is 5.91 Å². The number of nitrogens with one attached hydrogen (secondary N) is 1. The van der Waals surface area contributed by atoms with Gasteiger partial charge in [0.1, 0.15) is 0 Å². The van der Waals surface area contributed by atoms with Gasteiger partial charge in [-0.2, -0.15) is 0 Å². The van der Waals surface area contributed by atoms with Crippen molar-refractivity contribution in [3.63, 3.8) is 0 Å². The van der Waals surface area contributed by atoms with Crippen molar-refractivity contribution in [2.45, 2.75) is 0 Å². The average molecular weight is 476 g/mol. The number of carbonyl (C=O) groups is 1. The van der Waals surface area contributed by atoms with E-state index in [1.165, 1.54) is 5.69 Å². The molecule has 0 atom stereocenters. The zero-order valence-corrected chi connectivity index (χ0v) is 19.9. The van der Waals surface area contributed by atoms with Crippen LogP contribution in [0, 0.1) is 0 Å². The molecule has 5 rings (SSSR count). The molecule has 1 aromatic heterocycles. The Balaban J connectivity index is 1.51. The maximum absolute atomic E-state index is 13.1. The number of fused-ring (bicyclic) bond motifs is 1. The van der Waals surface area contributed by atoms with Crippen molar-refractivity contribution in [3.8, 4) is 0 Å². The summed E-state index contributed by atoms with van der Waals surface area (Å²) in [5, 5.41) is 3.45. The van der Waals surface area contributed by atoms with Crippen molar-refractivity contribution in [2.75, 3.05) is 41.3 Å². The first kappa shape index (κ1) is 22.1. The van der Waals surface area contributed by atoms with Crippen LogP contribution in [0.4, 0.5) is 17.1 Å². The van der Waals surface area contributed by atoms with Crippen LogP contribution in [0.1, 0.15) is 10.4 Å². The lowest BCUT2D eigenvalue weighted by molar-refractivity contribution is 0.102. The van der Waals surface area contributed by atoms with Crippen LogP contribution in [0.25, 0.3) is 11.0 Å². The first-order valence-corrected chi connectivity index (χ1v) is 11.6. The Labute approximate surface area is 202 Å².